The number of aromatic amines is 1. The van der Waals surface area contributed by atoms with Crippen LogP contribution in [-0.2, 0) is 74.0 Å². The van der Waals surface area contributed by atoms with Gasteiger partial charge in [0.15, 0.2) is 38.7 Å². The van der Waals surface area contributed by atoms with Gasteiger partial charge in [-0.05, 0) is 153 Å². The number of nitrogens with zero attached hydrogens (tertiary/aromatic N) is 8. The number of rotatable bonds is 46. The van der Waals surface area contributed by atoms with E-state index in [2.05, 4.69) is 114 Å². The molecule has 9 rings (SSSR count). The van der Waals surface area contributed by atoms with Gasteiger partial charge in [-0.25, -0.2) is 50.9 Å². The van der Waals surface area contributed by atoms with E-state index in [9.17, 15) is 89.4 Å². The number of nitrogen functional groups attached to an aromatic ring is 1. The summed E-state index contributed by atoms with van der Waals surface area (Å²) in [6.07, 6.45) is 3.35. The smallest absolute Gasteiger partial charge is 0.326 e. The molecule has 2 aliphatic heterocycles. The number of benzene rings is 4. The van der Waals surface area contributed by atoms with Crippen molar-refractivity contribution >= 4 is 159 Å². The van der Waals surface area contributed by atoms with E-state index >= 15 is 0 Å². The number of H-pyrrole nitrogens is 1. The predicted molar refractivity (Wildman–Crippen MR) is 468 cm³/mol. The number of hydrogen-bond donors (Lipinski definition) is 10. The number of hydrogen-bond acceptors (Lipinski definition) is 29. The summed E-state index contributed by atoms with van der Waals surface area (Å²) in [5.74, 6) is -11.2. The molecule has 3 aromatic heterocycles. The molecule has 0 radical (unpaired) electrons. The van der Waals surface area contributed by atoms with Gasteiger partial charge >= 0.3 is 17.9 Å². The Balaban J connectivity index is 0.000000305. The summed E-state index contributed by atoms with van der Waals surface area (Å²) in [6, 6.07) is 18.6. The van der Waals surface area contributed by atoms with Gasteiger partial charge < -0.3 is 60.7 Å². The number of aromatic nitrogens is 6. The van der Waals surface area contributed by atoms with Crippen LogP contribution in [0.3, 0.4) is 0 Å². The first kappa shape index (κ1) is 97.9. The Morgan fingerprint density at radius 3 is 2.08 bits per heavy atom. The number of nitrogens with one attached hydrogen (secondary N) is 5. The van der Waals surface area contributed by atoms with E-state index in [-0.39, 0.29) is 83.6 Å². The van der Waals surface area contributed by atoms with Crippen LogP contribution in [0.15, 0.2) is 122 Å². The van der Waals surface area contributed by atoms with Crippen LogP contribution >= 0.6 is 23.5 Å². The lowest BCUT2D eigenvalue weighted by Gasteiger charge is -2.33. The number of carboxylic acid groups (broad SMARTS) is 3. The molecule has 42 heteroatoms. The third kappa shape index (κ3) is 27.7. The summed E-state index contributed by atoms with van der Waals surface area (Å²) in [5, 5.41) is 38.8. The van der Waals surface area contributed by atoms with Gasteiger partial charge in [0.1, 0.15) is 52.2 Å². The number of carboxylic acids is 3. The van der Waals surface area contributed by atoms with E-state index in [0.717, 1.165) is 82.1 Å². The molecule has 5 heterocycles. The highest BCUT2D eigenvalue weighted by molar-refractivity contribution is 8.01. The lowest BCUT2D eigenvalue weighted by atomic mass is 9.93. The number of aliphatic carboxylic acids is 3. The number of carbonyl (C=O) groups is 10. The monoisotopic (exact) mass is 1810 g/mol. The second kappa shape index (κ2) is 44.1. The van der Waals surface area contributed by atoms with Crippen LogP contribution in [0.25, 0.3) is 44.6 Å². The molecule has 0 spiro atoms. The highest BCUT2D eigenvalue weighted by Gasteiger charge is 2.40. The Hall–Kier alpha value is -10.6. The van der Waals surface area contributed by atoms with Crippen molar-refractivity contribution in [1.29, 1.82) is 0 Å². The average molecular weight is 1810 g/mol. The maximum Gasteiger partial charge on any atom is 0.326 e. The fourth-order valence-electron chi connectivity index (χ4n) is 13.9. The zero-order chi connectivity index (χ0) is 90.4. The van der Waals surface area contributed by atoms with Crippen LogP contribution in [0.5, 0.6) is 0 Å². The first-order chi connectivity index (χ1) is 58.1. The summed E-state index contributed by atoms with van der Waals surface area (Å²) in [5.41, 5.74) is 15.2. The Kier molecular flexibility index (Phi) is 35.1. The second-order valence-corrected chi connectivity index (χ2v) is 45.0. The third-order valence-electron chi connectivity index (χ3n) is 20.2. The van der Waals surface area contributed by atoms with Gasteiger partial charge in [-0.2, -0.15) is 4.98 Å². The fourth-order valence-corrected chi connectivity index (χ4v) is 27.4. The number of anilines is 3. The molecule has 36 nitrogen and oxygen atoms in total. The van der Waals surface area contributed by atoms with Crippen LogP contribution in [0.1, 0.15) is 120 Å². The molecule has 3 aromatic carbocycles. The molecule has 5 atom stereocenters. The number of carbonyl (C=O) groups excluding carboxylic acids is 7. The van der Waals surface area contributed by atoms with Crippen molar-refractivity contribution in [3.63, 3.8) is 0 Å². The molecule has 1 unspecified atom stereocenters. The SMILES string of the molecule is CCN(CC)c1ccc2c(-c3ccc(S(=O)(=O)NCCCC(=O)CCC[Si](C)(C)O[Si](C)(C)CSc4ncc(C)cn4)cc3S(=O)(=O)[O-])c3ccc(=[N+](CC)CC)cc-3oc2c1.CCN1C(=O)CC(SC[C@H](CC(=O)[C@H](CN)NC(=O)[C@H](CC(=O)O)CC(=O)CC[C@H](NC(=O)c2ccc(NCc3cnc4nc(N)[nH]c(=O)c4n3)cc2)C(=O)O)C(=O)O)C1=O. The fraction of sp³-hybridized carbons (Fsp3) is 0.444. The zero-order valence-corrected chi connectivity index (χ0v) is 75.3. The predicted octanol–water partition coefficient (Wildman–Crippen LogP) is 6.94. The maximum absolute atomic E-state index is 13.6. The number of imide groups is 1. The molecule has 1 saturated heterocycles. The molecular weight excluding hydrogens is 1700 g/mol. The van der Waals surface area contributed by atoms with E-state index in [4.69, 9.17) is 20.0 Å². The lowest BCUT2D eigenvalue weighted by Crippen LogP contribution is -2.49. The van der Waals surface area contributed by atoms with E-state index in [1.54, 1.807) is 18.7 Å². The van der Waals surface area contributed by atoms with E-state index in [1.165, 1.54) is 42.6 Å². The molecule has 0 saturated carbocycles. The van der Waals surface area contributed by atoms with E-state index < -0.39 is 168 Å². The molecule has 1 fully saturated rings. The third-order valence-corrected chi connectivity index (χ3v) is 33.7. The maximum atomic E-state index is 13.6. The Morgan fingerprint density at radius 2 is 1.46 bits per heavy atom. The van der Waals surface area contributed by atoms with Crippen LogP contribution in [0.4, 0.5) is 17.3 Å². The zero-order valence-electron chi connectivity index (χ0n) is 70.0. The number of amides is 4. The van der Waals surface area contributed by atoms with E-state index in [0.29, 0.717) is 52.1 Å². The standard InChI is InChI=1S/C44H61N5O8S3Si2.C37H44N10O13S/c1-10-48(11-2)33-18-21-37-40(26-33)56-41-27-34(49(12-3)13-4)19-22-38(41)43(37)39-23-20-36(28-42(39)60(53,54)55)59(51,52)47-24-14-16-35(50)17-15-25-61(6,7)57-62(8,9)31-58-44-45-29-32(5)30-46-44;1-2-47-27(50)12-26(34(47)56)61-16-19(35(57)58)10-25(49)24(13-38)44-32(54)18(11-28(51)52)9-22(48)7-8-23(36(59)60)43-31(53)17-3-5-20(6-4-17)40-14-21-15-41-30-29(42-21)33(55)46-37(39)45-30/h18-23,26-30,47H,10-17,24-25,31H2,1-9H3;3-6,15,18-19,23-24,26,40H,2,7-14,16,38H2,1H3,(H,43,53)(H,44,54)(H,51,52)(H,57,58)(H,59,60)(H3,39,41,45,46,55)/t;18-,19-,23-,24-,26?/m.0/s1. The van der Waals surface area contributed by atoms with Crippen LogP contribution in [0, 0.1) is 18.8 Å². The van der Waals surface area contributed by atoms with Gasteiger partial charge in [0.05, 0.1) is 63.8 Å². The minimum absolute atomic E-state index is 0.00727. The minimum Gasteiger partial charge on any atom is -0.744 e. The molecular formula is C81H105N15O21S4Si2. The number of thioether (sulfide) groups is 2. The molecule has 123 heavy (non-hydrogen) atoms. The van der Waals surface area contributed by atoms with Crippen LogP contribution in [-0.4, -0.2) is 221 Å². The van der Waals surface area contributed by atoms with Crippen molar-refractivity contribution in [3.05, 3.63) is 130 Å². The number of fused-ring (bicyclic) bond motifs is 3. The van der Waals surface area contributed by atoms with Crippen LogP contribution in [0.2, 0.25) is 32.2 Å². The normalized spacial score (nSPS) is 14.1. The Labute approximate surface area is 721 Å². The number of aryl methyl sites for hydroxylation is 1. The van der Waals surface area contributed by atoms with Crippen molar-refractivity contribution in [2.45, 2.75) is 177 Å². The van der Waals surface area contributed by atoms with Crippen molar-refractivity contribution in [3.8, 4) is 22.5 Å². The van der Waals surface area contributed by atoms with Gasteiger partial charge in [-0.3, -0.25) is 57.8 Å². The molecule has 0 bridgehead atoms. The summed E-state index contributed by atoms with van der Waals surface area (Å²) < 4.78 is 84.0. The molecule has 4 amide bonds. The van der Waals surface area contributed by atoms with Crippen LogP contribution < -0.4 is 52.5 Å². The first-order valence-corrected chi connectivity index (χ1v) is 51.2. The highest BCUT2D eigenvalue weighted by atomic mass is 32.2. The molecule has 6 aromatic rings. The molecule has 3 aliphatic rings. The summed E-state index contributed by atoms with van der Waals surface area (Å²) in [4.78, 5) is 163. The van der Waals surface area contributed by atoms with Gasteiger partial charge in [0, 0.05) is 146 Å². The largest absolute Gasteiger partial charge is 0.744 e. The molecule has 12 N–H and O–H groups in total. The van der Waals surface area contributed by atoms with Crippen molar-refractivity contribution < 1.29 is 93.2 Å². The summed E-state index contributed by atoms with van der Waals surface area (Å²) in [6.45, 7) is 23.3. The Bertz CT molecular complexity index is 5560. The van der Waals surface area contributed by atoms with Crippen molar-refractivity contribution in [2.75, 3.05) is 72.9 Å². The summed E-state index contributed by atoms with van der Waals surface area (Å²) in [7, 11) is -13.5. The van der Waals surface area contributed by atoms with E-state index in [1.807, 2.05) is 55.7 Å². The van der Waals surface area contributed by atoms with Gasteiger partial charge in [0.2, 0.25) is 39.1 Å². The minimum atomic E-state index is -5.19. The first-order valence-electron chi connectivity index (χ1n) is 40.0. The topological polar surface area (TPSA) is 552 Å². The number of likely N-dealkylation sites (tertiary alicyclic amines) is 1. The number of nitrogens with two attached hydrogens (primary N) is 2. The second-order valence-electron chi connectivity index (χ2n) is 30.5. The molecule has 662 valence electrons. The number of sulfonamides is 1. The van der Waals surface area contributed by atoms with Gasteiger partial charge in [-0.1, -0.05) is 17.8 Å². The van der Waals surface area contributed by atoms with Crippen molar-refractivity contribution in [1.82, 2.24) is 54.7 Å². The highest BCUT2D eigenvalue weighted by Crippen LogP contribution is 2.44. The number of Topliss-reactive ketones (excluding diaryl/α,β-unsaturated/α-hetero) is 3. The number of ketones is 3. The quantitative estimate of drug-likeness (QED) is 0.00270. The lowest BCUT2D eigenvalue weighted by molar-refractivity contribution is -0.144. The molecule has 1 aliphatic carbocycles. The van der Waals surface area contributed by atoms with Gasteiger partial charge in [-0.15, -0.1) is 11.8 Å². The Morgan fingerprint density at radius 1 is 0.772 bits per heavy atom. The average Bonchev–Trinajstić information content (AvgIpc) is 0.955. The van der Waals surface area contributed by atoms with Crippen molar-refractivity contribution in [2.24, 2.45) is 17.6 Å². The van der Waals surface area contributed by atoms with Gasteiger partial charge in [0.25, 0.3) is 11.5 Å². The summed E-state index contributed by atoms with van der Waals surface area (Å²) >= 11 is 2.52.